The lowest BCUT2D eigenvalue weighted by Gasteiger charge is -2.10. The van der Waals surface area contributed by atoms with Crippen molar-refractivity contribution in [2.75, 3.05) is 11.9 Å². The lowest BCUT2D eigenvalue weighted by atomic mass is 10.1. The first-order chi connectivity index (χ1) is 12.0. The van der Waals surface area contributed by atoms with Gasteiger partial charge in [0.25, 0.3) is 0 Å². The van der Waals surface area contributed by atoms with Crippen LogP contribution in [0.25, 0.3) is 0 Å². The van der Waals surface area contributed by atoms with E-state index >= 15 is 0 Å². The van der Waals surface area contributed by atoms with Crippen molar-refractivity contribution in [3.8, 4) is 0 Å². The molecule has 0 atom stereocenters. The van der Waals surface area contributed by atoms with E-state index in [2.05, 4.69) is 20.9 Å². The number of pyridine rings is 1. The van der Waals surface area contributed by atoms with Crippen LogP contribution in [0.15, 0.2) is 48.7 Å². The van der Waals surface area contributed by atoms with Gasteiger partial charge in [0.1, 0.15) is 0 Å². The van der Waals surface area contributed by atoms with E-state index in [1.807, 2.05) is 56.3 Å². The molecule has 0 aliphatic heterocycles. The van der Waals surface area contributed by atoms with Crippen LogP contribution in [-0.2, 0) is 17.8 Å². The molecule has 0 saturated heterocycles. The number of rotatable bonds is 7. The fourth-order valence-corrected chi connectivity index (χ4v) is 2.09. The highest BCUT2D eigenvalue weighted by molar-refractivity contribution is 5.92. The normalized spacial score (nSPS) is 10.4. The third-order valence-corrected chi connectivity index (χ3v) is 3.59. The Balaban J connectivity index is 1.69. The van der Waals surface area contributed by atoms with Gasteiger partial charge in [0.05, 0.1) is 0 Å². The highest BCUT2D eigenvalue weighted by Crippen LogP contribution is 2.10. The van der Waals surface area contributed by atoms with Gasteiger partial charge >= 0.3 is 6.03 Å². The monoisotopic (exact) mass is 340 g/mol. The van der Waals surface area contributed by atoms with Crippen LogP contribution in [0.2, 0.25) is 0 Å². The molecular formula is C19H24N4O2. The molecule has 6 heteroatoms. The van der Waals surface area contributed by atoms with Gasteiger partial charge in [-0.2, -0.15) is 0 Å². The van der Waals surface area contributed by atoms with Gasteiger partial charge in [-0.15, -0.1) is 0 Å². The maximum atomic E-state index is 11.8. The number of benzene rings is 1. The minimum atomic E-state index is -0.215. The molecule has 0 spiro atoms. The minimum Gasteiger partial charge on any atom is -0.338 e. The van der Waals surface area contributed by atoms with E-state index in [-0.39, 0.29) is 17.9 Å². The molecule has 1 aromatic carbocycles. The Kier molecular flexibility index (Phi) is 6.95. The van der Waals surface area contributed by atoms with E-state index < -0.39 is 0 Å². The number of hydrogen-bond donors (Lipinski definition) is 3. The number of carbonyl (C=O) groups excluding carboxylic acids is 2. The second kappa shape index (κ2) is 9.42. The number of urea groups is 1. The first kappa shape index (κ1) is 18.4. The highest BCUT2D eigenvalue weighted by Gasteiger charge is 2.07. The van der Waals surface area contributed by atoms with Crippen molar-refractivity contribution in [2.45, 2.75) is 26.8 Å². The van der Waals surface area contributed by atoms with E-state index in [4.69, 9.17) is 0 Å². The molecule has 3 amide bonds. The van der Waals surface area contributed by atoms with E-state index in [0.717, 1.165) is 16.9 Å². The number of nitrogens with zero attached hydrogens (tertiary/aromatic N) is 1. The zero-order valence-corrected chi connectivity index (χ0v) is 14.6. The molecule has 0 aliphatic rings. The molecule has 0 saturated carbocycles. The van der Waals surface area contributed by atoms with E-state index in [1.165, 1.54) is 0 Å². The lowest BCUT2D eigenvalue weighted by Crippen LogP contribution is -2.36. The van der Waals surface area contributed by atoms with Crippen LogP contribution in [0, 0.1) is 5.92 Å². The quantitative estimate of drug-likeness (QED) is 0.725. The molecule has 2 rings (SSSR count). The number of amides is 3. The second-order valence-electron chi connectivity index (χ2n) is 6.02. The van der Waals surface area contributed by atoms with Gasteiger partial charge in [-0.25, -0.2) is 4.79 Å². The van der Waals surface area contributed by atoms with E-state index in [0.29, 0.717) is 19.5 Å². The van der Waals surface area contributed by atoms with Crippen molar-refractivity contribution >= 4 is 17.6 Å². The maximum absolute atomic E-state index is 11.8. The molecule has 0 fully saturated rings. The van der Waals surface area contributed by atoms with Crippen molar-refractivity contribution < 1.29 is 9.59 Å². The second-order valence-corrected chi connectivity index (χ2v) is 6.02. The Morgan fingerprint density at radius 3 is 2.44 bits per heavy atom. The number of hydrogen-bond acceptors (Lipinski definition) is 3. The first-order valence-corrected chi connectivity index (χ1v) is 8.36. The molecule has 0 unspecified atom stereocenters. The average Bonchev–Trinajstić information content (AvgIpc) is 2.62. The molecule has 2 aromatic rings. The fraction of sp³-hybridized carbons (Fsp3) is 0.316. The van der Waals surface area contributed by atoms with Crippen LogP contribution < -0.4 is 16.0 Å². The van der Waals surface area contributed by atoms with Gasteiger partial charge in [0.15, 0.2) is 0 Å². The van der Waals surface area contributed by atoms with Gasteiger partial charge in [0.2, 0.25) is 5.91 Å². The third kappa shape index (κ3) is 6.63. The Hall–Kier alpha value is -2.89. The van der Waals surface area contributed by atoms with Crippen LogP contribution in [0.4, 0.5) is 10.5 Å². The molecule has 1 heterocycles. The van der Waals surface area contributed by atoms with Crippen LogP contribution in [0.3, 0.4) is 0 Å². The van der Waals surface area contributed by atoms with Crippen LogP contribution in [-0.4, -0.2) is 23.5 Å². The van der Waals surface area contributed by atoms with Crippen molar-refractivity contribution in [1.82, 2.24) is 15.6 Å². The fourth-order valence-electron chi connectivity index (χ4n) is 2.09. The largest absolute Gasteiger partial charge is 0.338 e. The summed E-state index contributed by atoms with van der Waals surface area (Å²) in [5, 5.41) is 8.44. The zero-order chi connectivity index (χ0) is 18.1. The van der Waals surface area contributed by atoms with Crippen molar-refractivity contribution in [3.05, 3.63) is 59.9 Å². The molecule has 0 radical (unpaired) electrons. The summed E-state index contributed by atoms with van der Waals surface area (Å²) in [5.41, 5.74) is 2.66. The molecule has 3 N–H and O–H groups in total. The summed E-state index contributed by atoms with van der Waals surface area (Å²) in [6.07, 6.45) is 2.43. The Morgan fingerprint density at radius 2 is 1.80 bits per heavy atom. The SMILES string of the molecule is CC(C)C(=O)Nc1ccc(CNC(=O)NCCc2ccccn2)cc1. The summed E-state index contributed by atoms with van der Waals surface area (Å²) in [7, 11) is 0. The lowest BCUT2D eigenvalue weighted by molar-refractivity contribution is -0.118. The van der Waals surface area contributed by atoms with Crippen LogP contribution >= 0.6 is 0 Å². The average molecular weight is 340 g/mol. The first-order valence-electron chi connectivity index (χ1n) is 8.36. The van der Waals surface area contributed by atoms with Gasteiger partial charge < -0.3 is 16.0 Å². The van der Waals surface area contributed by atoms with Gasteiger partial charge in [-0.3, -0.25) is 9.78 Å². The van der Waals surface area contributed by atoms with Crippen LogP contribution in [0.1, 0.15) is 25.1 Å². The number of carbonyl (C=O) groups is 2. The third-order valence-electron chi connectivity index (χ3n) is 3.59. The number of nitrogens with one attached hydrogen (secondary N) is 3. The van der Waals surface area contributed by atoms with Gasteiger partial charge in [-0.1, -0.05) is 32.0 Å². The molecular weight excluding hydrogens is 316 g/mol. The number of aromatic nitrogens is 1. The molecule has 0 bridgehead atoms. The van der Waals surface area contributed by atoms with Crippen molar-refractivity contribution in [1.29, 1.82) is 0 Å². The predicted molar refractivity (Wildman–Crippen MR) is 98.1 cm³/mol. The number of anilines is 1. The molecule has 132 valence electrons. The predicted octanol–water partition coefficient (Wildman–Crippen LogP) is 2.72. The summed E-state index contributed by atoms with van der Waals surface area (Å²) < 4.78 is 0. The molecule has 6 nitrogen and oxygen atoms in total. The Labute approximate surface area is 148 Å². The molecule has 25 heavy (non-hydrogen) atoms. The molecule has 0 aliphatic carbocycles. The standard InChI is InChI=1S/C19H24N4O2/c1-14(2)18(24)23-17-8-6-15(7-9-17)13-22-19(25)21-12-10-16-5-3-4-11-20-16/h3-9,11,14H,10,12-13H2,1-2H3,(H,23,24)(H2,21,22,25). The van der Waals surface area contributed by atoms with E-state index in [9.17, 15) is 9.59 Å². The van der Waals surface area contributed by atoms with Crippen molar-refractivity contribution in [2.24, 2.45) is 5.92 Å². The van der Waals surface area contributed by atoms with E-state index in [1.54, 1.807) is 6.20 Å². The summed E-state index contributed by atoms with van der Waals surface area (Å²) in [6.45, 7) is 4.65. The van der Waals surface area contributed by atoms with Crippen LogP contribution in [0.5, 0.6) is 0 Å². The van der Waals surface area contributed by atoms with Gasteiger partial charge in [-0.05, 0) is 29.8 Å². The Bertz CT molecular complexity index is 684. The summed E-state index contributed by atoms with van der Waals surface area (Å²) in [6, 6.07) is 12.9. The summed E-state index contributed by atoms with van der Waals surface area (Å²) in [4.78, 5) is 27.6. The van der Waals surface area contributed by atoms with Gasteiger partial charge in [0, 0.05) is 43.0 Å². The summed E-state index contributed by atoms with van der Waals surface area (Å²) >= 11 is 0. The maximum Gasteiger partial charge on any atom is 0.315 e. The molecule has 1 aromatic heterocycles. The zero-order valence-electron chi connectivity index (χ0n) is 14.6. The smallest absolute Gasteiger partial charge is 0.315 e. The Morgan fingerprint density at radius 1 is 1.04 bits per heavy atom. The summed E-state index contributed by atoms with van der Waals surface area (Å²) in [5.74, 6) is -0.0747. The van der Waals surface area contributed by atoms with Crippen molar-refractivity contribution in [3.63, 3.8) is 0 Å². The highest BCUT2D eigenvalue weighted by atomic mass is 16.2. The minimum absolute atomic E-state index is 0.0156. The topological polar surface area (TPSA) is 83.1 Å².